The van der Waals surface area contributed by atoms with Crippen LogP contribution in [0.15, 0.2) is 12.2 Å². The molecule has 0 aliphatic carbocycles. The Kier molecular flexibility index (Phi) is 39.9. The van der Waals surface area contributed by atoms with Gasteiger partial charge in [0.25, 0.3) is 0 Å². The van der Waals surface area contributed by atoms with Gasteiger partial charge in [0, 0.05) is 12.8 Å². The van der Waals surface area contributed by atoms with Crippen molar-refractivity contribution in [3.8, 4) is 0 Å². The number of aliphatic hydroxyl groups is 2. The number of esters is 2. The molecule has 0 aromatic heterocycles. The number of carbonyl (C=O) groups excluding carboxylic acids is 2. The van der Waals surface area contributed by atoms with Crippen LogP contribution in [0.1, 0.15) is 219 Å². The number of phosphoric acid groups is 1. The fourth-order valence-electron chi connectivity index (χ4n) is 6.39. The molecule has 0 aliphatic rings. The molecule has 0 heterocycles. The maximum atomic E-state index is 12.6. The van der Waals surface area contributed by atoms with Gasteiger partial charge in [-0.05, 0) is 32.1 Å². The van der Waals surface area contributed by atoms with E-state index in [2.05, 4.69) is 30.5 Å². The predicted molar refractivity (Wildman–Crippen MR) is 224 cm³/mol. The van der Waals surface area contributed by atoms with Crippen LogP contribution in [-0.4, -0.2) is 65.7 Å². The van der Waals surface area contributed by atoms with E-state index in [0.29, 0.717) is 12.8 Å². The fraction of sp³-hybridized carbons (Fsp3) is 0.909. The molecule has 1 unspecified atom stereocenters. The smallest absolute Gasteiger partial charge is 0.462 e. The van der Waals surface area contributed by atoms with Crippen LogP contribution in [0, 0.1) is 0 Å². The largest absolute Gasteiger partial charge is 0.472 e. The van der Waals surface area contributed by atoms with Gasteiger partial charge in [-0.25, -0.2) is 4.57 Å². The van der Waals surface area contributed by atoms with E-state index in [1.807, 2.05) is 0 Å². The maximum Gasteiger partial charge on any atom is 0.472 e. The van der Waals surface area contributed by atoms with Crippen molar-refractivity contribution in [1.29, 1.82) is 0 Å². The zero-order chi connectivity index (χ0) is 40.5. The molecule has 10 nitrogen and oxygen atoms in total. The van der Waals surface area contributed by atoms with Crippen LogP contribution in [0.2, 0.25) is 0 Å². The summed E-state index contributed by atoms with van der Waals surface area (Å²) in [5.41, 5.74) is 0. The molecule has 0 saturated carbocycles. The quantitative estimate of drug-likeness (QED) is 0.0235. The molecule has 0 aromatic rings. The molecule has 11 heteroatoms. The first-order chi connectivity index (χ1) is 26.7. The molecule has 55 heavy (non-hydrogen) atoms. The number of unbranched alkanes of at least 4 members (excludes halogenated alkanes) is 27. The Bertz CT molecular complexity index is 930. The number of phosphoric ester groups is 1. The highest BCUT2D eigenvalue weighted by molar-refractivity contribution is 7.47. The molecular formula is C44H85O10P. The summed E-state index contributed by atoms with van der Waals surface area (Å²) in [6, 6.07) is 0. The molecule has 0 radical (unpaired) electrons. The summed E-state index contributed by atoms with van der Waals surface area (Å²) in [4.78, 5) is 34.9. The van der Waals surface area contributed by atoms with E-state index in [9.17, 15) is 24.2 Å². The van der Waals surface area contributed by atoms with Gasteiger partial charge in [0.1, 0.15) is 12.7 Å². The zero-order valence-corrected chi connectivity index (χ0v) is 36.3. The first-order valence-electron chi connectivity index (χ1n) is 22.6. The third-order valence-corrected chi connectivity index (χ3v) is 10.9. The lowest BCUT2D eigenvalue weighted by atomic mass is 10.0. The summed E-state index contributed by atoms with van der Waals surface area (Å²) in [5, 5.41) is 18.3. The Morgan fingerprint density at radius 3 is 1.36 bits per heavy atom. The van der Waals surface area contributed by atoms with Gasteiger partial charge in [-0.2, -0.15) is 0 Å². The lowest BCUT2D eigenvalue weighted by molar-refractivity contribution is -0.161. The average Bonchev–Trinajstić information content (AvgIpc) is 3.17. The second kappa shape index (κ2) is 40.9. The van der Waals surface area contributed by atoms with Crippen molar-refractivity contribution in [3.63, 3.8) is 0 Å². The van der Waals surface area contributed by atoms with Crippen molar-refractivity contribution in [2.45, 2.75) is 232 Å². The van der Waals surface area contributed by atoms with Crippen molar-refractivity contribution in [3.05, 3.63) is 12.2 Å². The van der Waals surface area contributed by atoms with Crippen molar-refractivity contribution in [1.82, 2.24) is 0 Å². The Morgan fingerprint density at radius 1 is 0.527 bits per heavy atom. The third kappa shape index (κ3) is 40.7. The topological polar surface area (TPSA) is 149 Å². The standard InChI is InChI=1S/C44H85O10P/c1-3-5-7-9-11-13-15-16-17-18-19-20-21-22-23-24-26-28-30-32-34-36-44(48)54-42(40-53-55(49,50)52-38-41(46)37-45)39-51-43(47)35-33-31-29-27-25-14-12-10-8-6-4-2/h10,12,41-42,45-46H,3-9,11,13-40H2,1-2H3,(H,49,50)/b12-10+/t41-,42+/m0/s1. The second-order valence-electron chi connectivity index (χ2n) is 15.4. The molecule has 326 valence electrons. The van der Waals surface area contributed by atoms with Crippen molar-refractivity contribution in [2.75, 3.05) is 26.4 Å². The number of hydrogen-bond acceptors (Lipinski definition) is 9. The summed E-state index contributed by atoms with van der Waals surface area (Å²) < 4.78 is 32.7. The van der Waals surface area contributed by atoms with Gasteiger partial charge in [-0.1, -0.05) is 187 Å². The van der Waals surface area contributed by atoms with E-state index in [1.54, 1.807) is 0 Å². The number of carbonyl (C=O) groups is 2. The Labute approximate surface area is 336 Å². The highest BCUT2D eigenvalue weighted by atomic mass is 31.2. The van der Waals surface area contributed by atoms with Crippen LogP contribution in [0.4, 0.5) is 0 Å². The first kappa shape index (κ1) is 53.7. The van der Waals surface area contributed by atoms with E-state index in [4.69, 9.17) is 19.1 Å². The van der Waals surface area contributed by atoms with Crippen molar-refractivity contribution in [2.24, 2.45) is 0 Å². The Hall–Kier alpha value is -1.29. The van der Waals surface area contributed by atoms with Gasteiger partial charge in [0.15, 0.2) is 6.10 Å². The molecule has 0 bridgehead atoms. The van der Waals surface area contributed by atoms with Crippen LogP contribution < -0.4 is 0 Å². The monoisotopic (exact) mass is 805 g/mol. The van der Waals surface area contributed by atoms with Crippen LogP contribution in [0.3, 0.4) is 0 Å². The van der Waals surface area contributed by atoms with Crippen molar-refractivity contribution < 1.29 is 47.8 Å². The Balaban J connectivity index is 4.16. The van der Waals surface area contributed by atoms with E-state index in [1.165, 1.54) is 122 Å². The van der Waals surface area contributed by atoms with Gasteiger partial charge < -0.3 is 24.6 Å². The van der Waals surface area contributed by atoms with Gasteiger partial charge in [-0.15, -0.1) is 0 Å². The van der Waals surface area contributed by atoms with Crippen molar-refractivity contribution >= 4 is 19.8 Å². The van der Waals surface area contributed by atoms with Crippen LogP contribution in [-0.2, 0) is 32.7 Å². The normalized spacial score (nSPS) is 13.9. The molecule has 0 fully saturated rings. The zero-order valence-electron chi connectivity index (χ0n) is 35.4. The SMILES string of the molecule is CCCC/C=C/CCCCCCCC(=O)OC[C@H](COP(=O)(O)OC[C@@H](O)CO)OC(=O)CCCCCCCCCCCCCCCCCCCCCCC. The summed E-state index contributed by atoms with van der Waals surface area (Å²) in [6.07, 6.45) is 39.0. The molecule has 0 spiro atoms. The minimum Gasteiger partial charge on any atom is -0.462 e. The molecule has 3 atom stereocenters. The molecule has 0 rings (SSSR count). The van der Waals surface area contributed by atoms with E-state index >= 15 is 0 Å². The molecule has 0 saturated heterocycles. The number of allylic oxidation sites excluding steroid dienone is 2. The van der Waals surface area contributed by atoms with Gasteiger partial charge in [0.05, 0.1) is 19.8 Å². The van der Waals surface area contributed by atoms with Crippen LogP contribution in [0.25, 0.3) is 0 Å². The highest BCUT2D eigenvalue weighted by Gasteiger charge is 2.27. The number of hydrogen-bond donors (Lipinski definition) is 3. The third-order valence-electron chi connectivity index (χ3n) is 9.92. The molecule has 0 aliphatic heterocycles. The van der Waals surface area contributed by atoms with Crippen LogP contribution >= 0.6 is 7.82 Å². The van der Waals surface area contributed by atoms with Gasteiger partial charge in [-0.3, -0.25) is 18.6 Å². The number of rotatable bonds is 43. The summed E-state index contributed by atoms with van der Waals surface area (Å²) in [6.45, 7) is 2.36. The second-order valence-corrected chi connectivity index (χ2v) is 16.9. The summed E-state index contributed by atoms with van der Waals surface area (Å²) in [7, 11) is -4.61. The lowest BCUT2D eigenvalue weighted by Crippen LogP contribution is -2.29. The van der Waals surface area contributed by atoms with E-state index in [-0.39, 0.29) is 19.4 Å². The average molecular weight is 805 g/mol. The first-order valence-corrected chi connectivity index (χ1v) is 24.1. The fourth-order valence-corrected chi connectivity index (χ4v) is 7.18. The van der Waals surface area contributed by atoms with Crippen LogP contribution in [0.5, 0.6) is 0 Å². The summed E-state index contributed by atoms with van der Waals surface area (Å²) in [5.74, 6) is -0.925. The molecule has 0 aromatic carbocycles. The van der Waals surface area contributed by atoms with E-state index in [0.717, 1.165) is 57.8 Å². The molecular weight excluding hydrogens is 719 g/mol. The molecule has 3 N–H and O–H groups in total. The highest BCUT2D eigenvalue weighted by Crippen LogP contribution is 2.43. The number of ether oxygens (including phenoxy) is 2. The minimum absolute atomic E-state index is 0.188. The molecule has 0 amide bonds. The predicted octanol–water partition coefficient (Wildman–Crippen LogP) is 12.0. The summed E-state index contributed by atoms with van der Waals surface area (Å²) >= 11 is 0. The minimum atomic E-state index is -4.61. The van der Waals surface area contributed by atoms with Gasteiger partial charge >= 0.3 is 19.8 Å². The maximum absolute atomic E-state index is 12.6. The number of aliphatic hydroxyl groups excluding tert-OH is 2. The van der Waals surface area contributed by atoms with E-state index < -0.39 is 51.8 Å². The van der Waals surface area contributed by atoms with Gasteiger partial charge in [0.2, 0.25) is 0 Å². The lowest BCUT2D eigenvalue weighted by Gasteiger charge is -2.20. The Morgan fingerprint density at radius 2 is 0.909 bits per heavy atom.